The third-order valence-electron chi connectivity index (χ3n) is 5.33. The molecule has 2 fully saturated rings. The van der Waals surface area contributed by atoms with E-state index in [9.17, 15) is 0 Å². The van der Waals surface area contributed by atoms with Crippen molar-refractivity contribution in [3.63, 3.8) is 0 Å². The molecule has 2 aliphatic rings. The Labute approximate surface area is 138 Å². The van der Waals surface area contributed by atoms with Crippen LogP contribution in [-0.2, 0) is 10.3 Å². The largest absolute Gasteiger partial charge is 0.377 e. The molecule has 2 N–H and O–H groups in total. The fourth-order valence-corrected chi connectivity index (χ4v) is 4.41. The summed E-state index contributed by atoms with van der Waals surface area (Å²) in [5, 5.41) is 8.26. The number of benzene rings is 1. The van der Waals surface area contributed by atoms with Gasteiger partial charge in [-0.2, -0.15) is 0 Å². The monoisotopic (exact) mass is 322 g/mol. The van der Waals surface area contributed by atoms with Crippen LogP contribution in [0.2, 0.25) is 5.02 Å². The van der Waals surface area contributed by atoms with E-state index in [1.807, 2.05) is 12.1 Å². The Morgan fingerprint density at radius 3 is 2.82 bits per heavy atom. The molecule has 1 heterocycles. The normalized spacial score (nSPS) is 32.3. The third kappa shape index (κ3) is 3.18. The van der Waals surface area contributed by atoms with E-state index in [-0.39, 0.29) is 5.54 Å². The van der Waals surface area contributed by atoms with Gasteiger partial charge in [-0.15, -0.1) is 0 Å². The van der Waals surface area contributed by atoms with Crippen molar-refractivity contribution in [1.29, 1.82) is 0 Å². The van der Waals surface area contributed by atoms with Gasteiger partial charge in [0.25, 0.3) is 0 Å². The van der Waals surface area contributed by atoms with Crippen LogP contribution in [0.5, 0.6) is 0 Å². The zero-order chi connectivity index (χ0) is 15.4. The van der Waals surface area contributed by atoms with Gasteiger partial charge in [-0.25, -0.2) is 0 Å². The van der Waals surface area contributed by atoms with Crippen molar-refractivity contribution in [2.45, 2.75) is 56.2 Å². The van der Waals surface area contributed by atoms with Crippen molar-refractivity contribution >= 4 is 11.6 Å². The molecule has 0 spiro atoms. The van der Waals surface area contributed by atoms with Gasteiger partial charge in [-0.3, -0.25) is 0 Å². The van der Waals surface area contributed by atoms with Crippen LogP contribution < -0.4 is 10.6 Å². The molecule has 1 aliphatic carbocycles. The molecule has 122 valence electrons. The lowest BCUT2D eigenvalue weighted by Crippen LogP contribution is -2.58. The van der Waals surface area contributed by atoms with Gasteiger partial charge in [0, 0.05) is 24.2 Å². The summed E-state index contributed by atoms with van der Waals surface area (Å²) in [5.41, 5.74) is 1.15. The van der Waals surface area contributed by atoms with Crippen molar-refractivity contribution in [3.05, 3.63) is 34.9 Å². The highest BCUT2D eigenvalue weighted by Gasteiger charge is 2.42. The molecule has 1 aliphatic heterocycles. The maximum absolute atomic E-state index is 6.53. The Bertz CT molecular complexity index is 490. The molecule has 0 radical (unpaired) electrons. The van der Waals surface area contributed by atoms with E-state index in [0.29, 0.717) is 12.1 Å². The van der Waals surface area contributed by atoms with Crippen LogP contribution in [0.4, 0.5) is 0 Å². The number of hydrogen-bond acceptors (Lipinski definition) is 3. The van der Waals surface area contributed by atoms with Crippen molar-refractivity contribution in [2.75, 3.05) is 20.2 Å². The average molecular weight is 323 g/mol. The van der Waals surface area contributed by atoms with Gasteiger partial charge in [-0.05, 0) is 44.4 Å². The van der Waals surface area contributed by atoms with Crippen molar-refractivity contribution in [2.24, 2.45) is 0 Å². The van der Waals surface area contributed by atoms with Gasteiger partial charge >= 0.3 is 0 Å². The SMILES string of the molecule is CN[C@]1(c2ccccc2Cl)CCCC[C@@H]1NCC1CCCO1. The second-order valence-corrected chi connectivity index (χ2v) is 6.95. The Kier molecular flexibility index (Phi) is 5.40. The minimum Gasteiger partial charge on any atom is -0.377 e. The smallest absolute Gasteiger partial charge is 0.0700 e. The lowest BCUT2D eigenvalue weighted by atomic mass is 9.72. The first kappa shape index (κ1) is 16.3. The number of nitrogens with one attached hydrogen (secondary N) is 2. The molecule has 1 aromatic carbocycles. The maximum Gasteiger partial charge on any atom is 0.0700 e. The van der Waals surface area contributed by atoms with Gasteiger partial charge in [0.1, 0.15) is 0 Å². The topological polar surface area (TPSA) is 33.3 Å². The number of ether oxygens (including phenoxy) is 1. The lowest BCUT2D eigenvalue weighted by Gasteiger charge is -2.46. The summed E-state index contributed by atoms with van der Waals surface area (Å²) in [5.74, 6) is 0. The van der Waals surface area contributed by atoms with Crippen LogP contribution >= 0.6 is 11.6 Å². The summed E-state index contributed by atoms with van der Waals surface area (Å²) in [4.78, 5) is 0. The molecule has 4 heteroatoms. The second kappa shape index (κ2) is 7.31. The molecule has 0 amide bonds. The van der Waals surface area contributed by atoms with Crippen LogP contribution in [0.1, 0.15) is 44.1 Å². The minimum absolute atomic E-state index is 0.0742. The van der Waals surface area contributed by atoms with E-state index in [4.69, 9.17) is 16.3 Å². The third-order valence-corrected chi connectivity index (χ3v) is 5.65. The average Bonchev–Trinajstić information content (AvgIpc) is 3.07. The van der Waals surface area contributed by atoms with Crippen LogP contribution in [0.25, 0.3) is 0 Å². The first-order valence-corrected chi connectivity index (χ1v) is 8.93. The number of rotatable bonds is 5. The summed E-state index contributed by atoms with van der Waals surface area (Å²) in [6.45, 7) is 1.86. The number of likely N-dealkylation sites (N-methyl/N-ethyl adjacent to an activating group) is 1. The van der Waals surface area contributed by atoms with E-state index < -0.39 is 0 Å². The number of hydrogen-bond donors (Lipinski definition) is 2. The van der Waals surface area contributed by atoms with Crippen molar-refractivity contribution < 1.29 is 4.74 Å². The summed E-state index contributed by atoms with van der Waals surface area (Å²) < 4.78 is 5.77. The molecule has 1 unspecified atom stereocenters. The Balaban J connectivity index is 1.80. The highest BCUT2D eigenvalue weighted by molar-refractivity contribution is 6.31. The molecule has 3 nitrogen and oxygen atoms in total. The van der Waals surface area contributed by atoms with Crippen LogP contribution in [0.3, 0.4) is 0 Å². The maximum atomic E-state index is 6.53. The molecule has 0 aromatic heterocycles. The van der Waals surface area contributed by atoms with Crippen LogP contribution in [0.15, 0.2) is 24.3 Å². The van der Waals surface area contributed by atoms with E-state index in [0.717, 1.165) is 24.6 Å². The Hall–Kier alpha value is -0.610. The lowest BCUT2D eigenvalue weighted by molar-refractivity contribution is 0.0942. The van der Waals surface area contributed by atoms with Gasteiger partial charge < -0.3 is 15.4 Å². The quantitative estimate of drug-likeness (QED) is 0.871. The Morgan fingerprint density at radius 1 is 1.23 bits per heavy atom. The van der Waals surface area contributed by atoms with E-state index in [1.54, 1.807) is 0 Å². The zero-order valence-electron chi connectivity index (χ0n) is 13.4. The predicted octanol–water partition coefficient (Wildman–Crippen LogP) is 3.47. The zero-order valence-corrected chi connectivity index (χ0v) is 14.2. The summed E-state index contributed by atoms with van der Waals surface area (Å²) >= 11 is 6.53. The highest BCUT2D eigenvalue weighted by Crippen LogP contribution is 2.40. The van der Waals surface area contributed by atoms with Gasteiger partial charge in [0.2, 0.25) is 0 Å². The number of halogens is 1. The van der Waals surface area contributed by atoms with E-state index in [2.05, 4.69) is 29.8 Å². The molecule has 3 atom stereocenters. The summed E-state index contributed by atoms with van der Waals surface area (Å²) in [6.07, 6.45) is 7.57. The minimum atomic E-state index is -0.0742. The first-order valence-electron chi connectivity index (χ1n) is 8.55. The molecular formula is C18H27ClN2O. The van der Waals surface area contributed by atoms with E-state index >= 15 is 0 Å². The highest BCUT2D eigenvalue weighted by atomic mass is 35.5. The fourth-order valence-electron chi connectivity index (χ4n) is 4.11. The second-order valence-electron chi connectivity index (χ2n) is 6.54. The molecule has 22 heavy (non-hydrogen) atoms. The summed E-state index contributed by atoms with van der Waals surface area (Å²) in [6, 6.07) is 8.67. The van der Waals surface area contributed by atoms with Crippen molar-refractivity contribution in [1.82, 2.24) is 10.6 Å². The Morgan fingerprint density at radius 2 is 2.09 bits per heavy atom. The molecule has 1 saturated heterocycles. The molecule has 3 rings (SSSR count). The van der Waals surface area contributed by atoms with Gasteiger partial charge in [0.05, 0.1) is 11.6 Å². The predicted molar refractivity (Wildman–Crippen MR) is 91.4 cm³/mol. The first-order chi connectivity index (χ1) is 10.8. The van der Waals surface area contributed by atoms with Crippen LogP contribution in [-0.4, -0.2) is 32.3 Å². The van der Waals surface area contributed by atoms with Gasteiger partial charge in [0.15, 0.2) is 0 Å². The molecular weight excluding hydrogens is 296 g/mol. The van der Waals surface area contributed by atoms with Crippen molar-refractivity contribution in [3.8, 4) is 0 Å². The van der Waals surface area contributed by atoms with E-state index in [1.165, 1.54) is 37.7 Å². The van der Waals surface area contributed by atoms with Crippen LogP contribution in [0, 0.1) is 0 Å². The molecule has 0 bridgehead atoms. The molecule has 1 aromatic rings. The fraction of sp³-hybridized carbons (Fsp3) is 0.667. The standard InChI is InChI=1S/C18H27ClN2O/c1-20-18(15-8-2-3-9-16(15)19)11-5-4-10-17(18)21-13-14-7-6-12-22-14/h2-3,8-9,14,17,20-21H,4-7,10-13H2,1H3/t14?,17-,18-/m0/s1. The molecule has 1 saturated carbocycles. The van der Waals surface area contributed by atoms with Gasteiger partial charge in [-0.1, -0.05) is 42.6 Å². The summed E-state index contributed by atoms with van der Waals surface area (Å²) in [7, 11) is 2.06.